The predicted molar refractivity (Wildman–Crippen MR) is 192 cm³/mol. The largest absolute Gasteiger partial charge is 0.411 e. The minimum Gasteiger partial charge on any atom is -0.309 e. The lowest BCUT2D eigenvalue weighted by atomic mass is 9.72. The third kappa shape index (κ3) is 5.40. The molecule has 6 aromatic carbocycles. The molecule has 2 aromatic heterocycles. The summed E-state index contributed by atoms with van der Waals surface area (Å²) in [6.45, 7) is 0. The average molecular weight is 700 g/mol. The van der Waals surface area contributed by atoms with Crippen LogP contribution in [0.5, 0.6) is 0 Å². The standard InChI is InChI=1S/C43H27F6N3/c44-42(45,46)41(43(47,48)49,32-23-25-33(26-24-32)52-38-17-9-7-15-34(38)35-16-8-10-18-39(35)52)31-21-19-29(20-22-31)37-27-36(28-11-3-1-4-12-28)50-40(51-37)30-13-5-2-6-14-30/h1-27H. The maximum absolute atomic E-state index is 15.2. The van der Waals surface area contributed by atoms with E-state index >= 15 is 26.3 Å². The first-order chi connectivity index (χ1) is 25.1. The molecule has 0 saturated heterocycles. The molecule has 2 heterocycles. The molecule has 0 aliphatic heterocycles. The molecule has 0 atom stereocenters. The van der Waals surface area contributed by atoms with Crippen molar-refractivity contribution in [2.45, 2.75) is 17.8 Å². The lowest BCUT2D eigenvalue weighted by molar-refractivity contribution is -0.288. The summed E-state index contributed by atoms with van der Waals surface area (Å²) in [6, 6.07) is 43.8. The zero-order valence-electron chi connectivity index (χ0n) is 27.2. The second-order valence-electron chi connectivity index (χ2n) is 12.4. The van der Waals surface area contributed by atoms with Crippen molar-refractivity contribution >= 4 is 21.8 Å². The highest BCUT2D eigenvalue weighted by atomic mass is 19.4. The fraction of sp³-hybridized carbons (Fsp3) is 0.0698. The van der Waals surface area contributed by atoms with E-state index in [0.717, 1.165) is 51.6 Å². The molecule has 52 heavy (non-hydrogen) atoms. The van der Waals surface area contributed by atoms with Crippen LogP contribution in [0.15, 0.2) is 164 Å². The van der Waals surface area contributed by atoms with E-state index in [-0.39, 0.29) is 0 Å². The number of para-hydroxylation sites is 2. The summed E-state index contributed by atoms with van der Waals surface area (Å²) >= 11 is 0. The van der Waals surface area contributed by atoms with Gasteiger partial charge < -0.3 is 4.57 Å². The molecule has 256 valence electrons. The molecule has 0 N–H and O–H groups in total. The van der Waals surface area contributed by atoms with Gasteiger partial charge in [0.15, 0.2) is 5.82 Å². The molecular weight excluding hydrogens is 672 g/mol. The van der Waals surface area contributed by atoms with Crippen molar-refractivity contribution in [2.75, 3.05) is 0 Å². The molecule has 3 nitrogen and oxygen atoms in total. The van der Waals surface area contributed by atoms with E-state index in [1.54, 1.807) is 6.07 Å². The van der Waals surface area contributed by atoms with Crippen LogP contribution < -0.4 is 0 Å². The number of hydrogen-bond acceptors (Lipinski definition) is 2. The molecule has 0 aliphatic carbocycles. The zero-order valence-corrected chi connectivity index (χ0v) is 27.2. The van der Waals surface area contributed by atoms with E-state index in [1.165, 1.54) is 24.3 Å². The first-order valence-corrected chi connectivity index (χ1v) is 16.4. The van der Waals surface area contributed by atoms with Gasteiger partial charge >= 0.3 is 12.4 Å². The minimum absolute atomic E-state index is 0.334. The third-order valence-electron chi connectivity index (χ3n) is 9.43. The molecule has 0 unspecified atom stereocenters. The Morgan fingerprint density at radius 1 is 0.404 bits per heavy atom. The lowest BCUT2D eigenvalue weighted by Crippen LogP contribution is -2.54. The number of aromatic nitrogens is 3. The highest BCUT2D eigenvalue weighted by Crippen LogP contribution is 2.56. The Kier molecular flexibility index (Phi) is 7.94. The van der Waals surface area contributed by atoms with Gasteiger partial charge in [0.25, 0.3) is 0 Å². The summed E-state index contributed by atoms with van der Waals surface area (Å²) in [5.41, 5.74) is -1.51. The SMILES string of the molecule is FC(F)(F)C(c1ccc(-c2cc(-c3ccccc3)nc(-c3ccccc3)n2)cc1)(c1ccc(-n2c3ccccc3c3ccccc32)cc1)C(F)(F)F. The molecular formula is C43H27F6N3. The van der Waals surface area contributed by atoms with E-state index in [0.29, 0.717) is 34.0 Å². The van der Waals surface area contributed by atoms with Crippen LogP contribution in [0.1, 0.15) is 11.1 Å². The average Bonchev–Trinajstić information content (AvgIpc) is 3.49. The van der Waals surface area contributed by atoms with Gasteiger partial charge in [0.05, 0.1) is 22.4 Å². The molecule has 0 bridgehead atoms. The molecule has 0 spiro atoms. The number of rotatable bonds is 6. The van der Waals surface area contributed by atoms with Gasteiger partial charge in [-0.05, 0) is 41.5 Å². The number of alkyl halides is 6. The fourth-order valence-electron chi connectivity index (χ4n) is 7.00. The van der Waals surface area contributed by atoms with Gasteiger partial charge in [0.1, 0.15) is 0 Å². The Hall–Kier alpha value is -6.22. The lowest BCUT2D eigenvalue weighted by Gasteiger charge is -2.38. The Morgan fingerprint density at radius 2 is 0.808 bits per heavy atom. The van der Waals surface area contributed by atoms with Crippen LogP contribution in [0.4, 0.5) is 26.3 Å². The Balaban J connectivity index is 1.25. The van der Waals surface area contributed by atoms with Crippen molar-refractivity contribution in [2.24, 2.45) is 0 Å². The first kappa shape index (κ1) is 33.0. The maximum Gasteiger partial charge on any atom is 0.411 e. The van der Waals surface area contributed by atoms with Crippen molar-refractivity contribution in [3.8, 4) is 39.6 Å². The van der Waals surface area contributed by atoms with Gasteiger partial charge in [-0.1, -0.05) is 133 Å². The third-order valence-corrected chi connectivity index (χ3v) is 9.43. The van der Waals surface area contributed by atoms with Crippen molar-refractivity contribution in [3.63, 3.8) is 0 Å². The van der Waals surface area contributed by atoms with E-state index in [1.807, 2.05) is 114 Å². The number of hydrogen-bond donors (Lipinski definition) is 0. The molecule has 0 radical (unpaired) electrons. The predicted octanol–water partition coefficient (Wildman–Crippen LogP) is 12.0. The zero-order chi connectivity index (χ0) is 36.1. The normalized spacial score (nSPS) is 12.4. The van der Waals surface area contributed by atoms with Crippen molar-refractivity contribution < 1.29 is 26.3 Å². The molecule has 0 aliphatic rings. The van der Waals surface area contributed by atoms with Crippen LogP contribution >= 0.6 is 0 Å². The summed E-state index contributed by atoms with van der Waals surface area (Å²) in [7, 11) is 0. The van der Waals surface area contributed by atoms with Crippen LogP contribution in [-0.2, 0) is 5.41 Å². The van der Waals surface area contributed by atoms with E-state index in [4.69, 9.17) is 4.98 Å². The van der Waals surface area contributed by atoms with Gasteiger partial charge in [-0.3, -0.25) is 0 Å². The van der Waals surface area contributed by atoms with E-state index in [9.17, 15) is 0 Å². The van der Waals surface area contributed by atoms with Gasteiger partial charge in [-0.25, -0.2) is 9.97 Å². The second kappa shape index (κ2) is 12.5. The highest BCUT2D eigenvalue weighted by molar-refractivity contribution is 6.09. The Bertz CT molecular complexity index is 2400. The van der Waals surface area contributed by atoms with Gasteiger partial charge in [0.2, 0.25) is 5.41 Å². The molecule has 9 heteroatoms. The summed E-state index contributed by atoms with van der Waals surface area (Å²) in [4.78, 5) is 9.38. The maximum atomic E-state index is 15.2. The second-order valence-corrected chi connectivity index (χ2v) is 12.4. The number of halogens is 6. The van der Waals surface area contributed by atoms with Gasteiger partial charge in [-0.15, -0.1) is 0 Å². The molecule has 8 aromatic rings. The summed E-state index contributed by atoms with van der Waals surface area (Å²) in [6.07, 6.45) is -11.5. The van der Waals surface area contributed by atoms with Crippen LogP contribution in [0.2, 0.25) is 0 Å². The molecule has 0 fully saturated rings. The topological polar surface area (TPSA) is 30.7 Å². The summed E-state index contributed by atoms with van der Waals surface area (Å²) in [5, 5.41) is 1.83. The quantitative estimate of drug-likeness (QED) is 0.162. The van der Waals surface area contributed by atoms with Crippen LogP contribution in [0.3, 0.4) is 0 Å². The Morgan fingerprint density at radius 3 is 1.29 bits per heavy atom. The van der Waals surface area contributed by atoms with Crippen LogP contribution in [0, 0.1) is 0 Å². The molecule has 0 saturated carbocycles. The number of benzene rings is 6. The highest BCUT2D eigenvalue weighted by Gasteiger charge is 2.72. The van der Waals surface area contributed by atoms with Gasteiger partial charge in [0, 0.05) is 33.2 Å². The number of fused-ring (bicyclic) bond motifs is 3. The van der Waals surface area contributed by atoms with Crippen LogP contribution in [-0.4, -0.2) is 26.9 Å². The summed E-state index contributed by atoms with van der Waals surface area (Å²) < 4.78 is 93.0. The van der Waals surface area contributed by atoms with Crippen molar-refractivity contribution in [1.82, 2.24) is 14.5 Å². The monoisotopic (exact) mass is 699 g/mol. The molecule has 0 amide bonds. The van der Waals surface area contributed by atoms with E-state index < -0.39 is 28.9 Å². The van der Waals surface area contributed by atoms with Crippen molar-refractivity contribution in [1.29, 1.82) is 0 Å². The fourth-order valence-corrected chi connectivity index (χ4v) is 7.00. The van der Waals surface area contributed by atoms with Crippen LogP contribution in [0.25, 0.3) is 61.4 Å². The number of nitrogens with zero attached hydrogens (tertiary/aromatic N) is 3. The Labute approximate surface area is 294 Å². The first-order valence-electron chi connectivity index (χ1n) is 16.4. The van der Waals surface area contributed by atoms with E-state index in [2.05, 4.69) is 4.98 Å². The summed E-state index contributed by atoms with van der Waals surface area (Å²) in [5.74, 6) is 0.365. The minimum atomic E-state index is -5.74. The molecule has 8 rings (SSSR count). The van der Waals surface area contributed by atoms with Gasteiger partial charge in [-0.2, -0.15) is 26.3 Å². The smallest absolute Gasteiger partial charge is 0.309 e. The van der Waals surface area contributed by atoms with Crippen molar-refractivity contribution in [3.05, 3.63) is 175 Å².